The molecule has 0 bridgehead atoms. The minimum Gasteiger partial charge on any atom is -0.481 e. The van der Waals surface area contributed by atoms with Crippen molar-refractivity contribution in [3.05, 3.63) is 29.6 Å². The Bertz CT molecular complexity index is 578. The van der Waals surface area contributed by atoms with Crippen LogP contribution in [-0.4, -0.2) is 23.5 Å². The molecule has 1 saturated carbocycles. The number of carbonyl (C=O) groups is 2. The summed E-state index contributed by atoms with van der Waals surface area (Å²) < 4.78 is 14.1. The van der Waals surface area contributed by atoms with Crippen LogP contribution >= 0.6 is 0 Å². The molecule has 1 heterocycles. The topological polar surface area (TPSA) is 57.6 Å². The number of carbonyl (C=O) groups excluding carboxylic acids is 1. The molecule has 1 spiro atoms. The fourth-order valence-corrected chi connectivity index (χ4v) is 3.53. The van der Waals surface area contributed by atoms with E-state index >= 15 is 0 Å². The number of anilines is 1. The number of rotatable bonds is 3. The lowest BCUT2D eigenvalue weighted by molar-refractivity contribution is -0.136. The average Bonchev–Trinajstić information content (AvgIpc) is 2.97. The van der Waals surface area contributed by atoms with Gasteiger partial charge in [-0.05, 0) is 24.5 Å². The fourth-order valence-electron chi connectivity index (χ4n) is 3.53. The number of fused-ring (bicyclic) bond motifs is 2. The second-order valence-electron chi connectivity index (χ2n) is 5.53. The molecule has 1 aromatic carbocycles. The molecule has 1 amide bonds. The van der Waals surface area contributed by atoms with Crippen LogP contribution in [0.3, 0.4) is 0 Å². The van der Waals surface area contributed by atoms with Gasteiger partial charge in [-0.25, -0.2) is 4.39 Å². The number of carboxylic acid groups (broad SMARTS) is 1. The van der Waals surface area contributed by atoms with Crippen molar-refractivity contribution < 1.29 is 19.1 Å². The van der Waals surface area contributed by atoms with Crippen molar-refractivity contribution in [2.45, 2.75) is 37.5 Å². The van der Waals surface area contributed by atoms with Crippen LogP contribution in [0.5, 0.6) is 0 Å². The monoisotopic (exact) mass is 277 g/mol. The first kappa shape index (κ1) is 13.1. The minimum absolute atomic E-state index is 0.0316. The summed E-state index contributed by atoms with van der Waals surface area (Å²) >= 11 is 0. The van der Waals surface area contributed by atoms with E-state index in [-0.39, 0.29) is 18.9 Å². The van der Waals surface area contributed by atoms with Crippen molar-refractivity contribution >= 4 is 17.6 Å². The Kier molecular flexibility index (Phi) is 3.00. The highest BCUT2D eigenvalue weighted by Crippen LogP contribution is 2.51. The van der Waals surface area contributed by atoms with Gasteiger partial charge in [0.15, 0.2) is 0 Å². The van der Waals surface area contributed by atoms with E-state index in [4.69, 9.17) is 5.11 Å². The lowest BCUT2D eigenvalue weighted by Crippen LogP contribution is -2.39. The van der Waals surface area contributed by atoms with Crippen LogP contribution in [0.1, 0.15) is 37.7 Å². The number of hydrogen-bond acceptors (Lipinski definition) is 2. The van der Waals surface area contributed by atoms with E-state index in [0.29, 0.717) is 5.69 Å². The van der Waals surface area contributed by atoms with E-state index in [0.717, 1.165) is 31.2 Å². The molecular formula is C15H16FNO3. The maximum atomic E-state index is 14.1. The highest BCUT2D eigenvalue weighted by molar-refractivity contribution is 6.08. The van der Waals surface area contributed by atoms with Crippen molar-refractivity contribution in [1.82, 2.24) is 0 Å². The average molecular weight is 277 g/mol. The molecule has 0 unspecified atom stereocenters. The van der Waals surface area contributed by atoms with Crippen LogP contribution in [0.25, 0.3) is 0 Å². The van der Waals surface area contributed by atoms with Gasteiger partial charge >= 0.3 is 5.97 Å². The number of amides is 1. The van der Waals surface area contributed by atoms with Crippen molar-refractivity contribution in [2.75, 3.05) is 11.4 Å². The lowest BCUT2D eigenvalue weighted by atomic mass is 9.80. The molecule has 2 aliphatic rings. The number of benzene rings is 1. The van der Waals surface area contributed by atoms with Crippen LogP contribution in [0.2, 0.25) is 0 Å². The van der Waals surface area contributed by atoms with Gasteiger partial charge in [0.25, 0.3) is 0 Å². The second kappa shape index (κ2) is 4.58. The Balaban J connectivity index is 2.06. The van der Waals surface area contributed by atoms with Gasteiger partial charge < -0.3 is 10.0 Å². The van der Waals surface area contributed by atoms with Crippen LogP contribution < -0.4 is 4.90 Å². The van der Waals surface area contributed by atoms with E-state index in [1.165, 1.54) is 11.0 Å². The number of para-hydroxylation sites is 1. The second-order valence-corrected chi connectivity index (χ2v) is 5.53. The number of carboxylic acids is 1. The van der Waals surface area contributed by atoms with E-state index in [9.17, 15) is 14.0 Å². The molecule has 0 saturated heterocycles. The maximum absolute atomic E-state index is 14.1. The molecule has 1 fully saturated rings. The SMILES string of the molecule is O=C(O)CCN1C(=O)C2(CCCC2)c2cccc(F)c21. The molecule has 1 aliphatic carbocycles. The molecule has 3 rings (SSSR count). The van der Waals surface area contributed by atoms with Gasteiger partial charge in [0.2, 0.25) is 5.91 Å². The van der Waals surface area contributed by atoms with Gasteiger partial charge in [-0.3, -0.25) is 9.59 Å². The van der Waals surface area contributed by atoms with Gasteiger partial charge in [0.1, 0.15) is 5.82 Å². The smallest absolute Gasteiger partial charge is 0.305 e. The first-order chi connectivity index (χ1) is 9.56. The van der Waals surface area contributed by atoms with Crippen molar-refractivity contribution in [3.63, 3.8) is 0 Å². The Morgan fingerprint density at radius 1 is 1.35 bits per heavy atom. The third-order valence-electron chi connectivity index (χ3n) is 4.43. The van der Waals surface area contributed by atoms with Crippen LogP contribution in [-0.2, 0) is 15.0 Å². The van der Waals surface area contributed by atoms with Gasteiger partial charge in [0, 0.05) is 6.54 Å². The van der Waals surface area contributed by atoms with Crippen LogP contribution in [0.15, 0.2) is 18.2 Å². The predicted molar refractivity (Wildman–Crippen MR) is 71.2 cm³/mol. The zero-order chi connectivity index (χ0) is 14.3. The molecule has 1 N–H and O–H groups in total. The summed E-state index contributed by atoms with van der Waals surface area (Å²) in [4.78, 5) is 24.8. The Hall–Kier alpha value is -1.91. The summed E-state index contributed by atoms with van der Waals surface area (Å²) in [6.07, 6.45) is 3.19. The van der Waals surface area contributed by atoms with Gasteiger partial charge in [-0.2, -0.15) is 0 Å². The van der Waals surface area contributed by atoms with E-state index in [1.54, 1.807) is 6.07 Å². The molecule has 0 radical (unpaired) electrons. The summed E-state index contributed by atoms with van der Waals surface area (Å²) in [6, 6.07) is 4.76. The van der Waals surface area contributed by atoms with Gasteiger partial charge in [-0.1, -0.05) is 25.0 Å². The molecule has 0 atom stereocenters. The van der Waals surface area contributed by atoms with Gasteiger partial charge in [-0.15, -0.1) is 0 Å². The molecule has 1 aromatic rings. The standard InChI is InChI=1S/C15H16FNO3/c16-11-5-3-4-10-13(11)17(9-6-12(18)19)14(20)15(10)7-1-2-8-15/h3-5H,1-2,6-9H2,(H,18,19). The zero-order valence-electron chi connectivity index (χ0n) is 11.1. The normalized spacial score (nSPS) is 19.6. The maximum Gasteiger partial charge on any atom is 0.305 e. The summed E-state index contributed by atoms with van der Waals surface area (Å²) in [5.41, 5.74) is 0.418. The third kappa shape index (κ3) is 1.72. The predicted octanol–water partition coefficient (Wildman–Crippen LogP) is 2.46. The highest BCUT2D eigenvalue weighted by atomic mass is 19.1. The Morgan fingerprint density at radius 2 is 2.05 bits per heavy atom. The lowest BCUT2D eigenvalue weighted by Gasteiger charge is -2.23. The number of hydrogen-bond donors (Lipinski definition) is 1. The third-order valence-corrected chi connectivity index (χ3v) is 4.43. The fraction of sp³-hybridized carbons (Fsp3) is 0.467. The van der Waals surface area contributed by atoms with Gasteiger partial charge in [0.05, 0.1) is 17.5 Å². The quantitative estimate of drug-likeness (QED) is 0.923. The number of nitrogens with zero attached hydrogens (tertiary/aromatic N) is 1. The van der Waals surface area contributed by atoms with Crippen molar-refractivity contribution in [1.29, 1.82) is 0 Å². The number of aliphatic carboxylic acids is 1. The zero-order valence-corrected chi connectivity index (χ0v) is 11.1. The Labute approximate surface area is 116 Å². The largest absolute Gasteiger partial charge is 0.481 e. The summed E-state index contributed by atoms with van der Waals surface area (Å²) in [7, 11) is 0. The summed E-state index contributed by atoms with van der Waals surface area (Å²) in [5.74, 6) is -1.55. The summed E-state index contributed by atoms with van der Waals surface area (Å²) in [5, 5.41) is 8.80. The molecule has 106 valence electrons. The molecule has 1 aliphatic heterocycles. The van der Waals surface area contributed by atoms with Crippen molar-refractivity contribution in [2.24, 2.45) is 0 Å². The molecule has 20 heavy (non-hydrogen) atoms. The first-order valence-corrected chi connectivity index (χ1v) is 6.89. The van der Waals surface area contributed by atoms with Crippen LogP contribution in [0.4, 0.5) is 10.1 Å². The molecule has 4 nitrogen and oxygen atoms in total. The Morgan fingerprint density at radius 3 is 2.70 bits per heavy atom. The molecule has 5 heteroatoms. The minimum atomic E-state index is -0.983. The van der Waals surface area contributed by atoms with E-state index in [2.05, 4.69) is 0 Å². The highest BCUT2D eigenvalue weighted by Gasteiger charge is 2.52. The van der Waals surface area contributed by atoms with E-state index in [1.807, 2.05) is 6.07 Å². The molecular weight excluding hydrogens is 261 g/mol. The molecule has 0 aromatic heterocycles. The van der Waals surface area contributed by atoms with E-state index < -0.39 is 17.2 Å². The number of halogens is 1. The van der Waals surface area contributed by atoms with Crippen LogP contribution in [0, 0.1) is 5.82 Å². The summed E-state index contributed by atoms with van der Waals surface area (Å²) in [6.45, 7) is 0.0316. The van der Waals surface area contributed by atoms with Crippen molar-refractivity contribution in [3.8, 4) is 0 Å². The first-order valence-electron chi connectivity index (χ1n) is 6.89.